The number of hydrogen-bond acceptors (Lipinski definition) is 1. The Hall–Kier alpha value is -1.15. The monoisotopic (exact) mass is 166 g/mol. The van der Waals surface area contributed by atoms with Crippen LogP contribution in [0.2, 0.25) is 5.02 Å². The van der Waals surface area contributed by atoms with Crippen LogP contribution in [0.25, 0.3) is 0 Å². The van der Waals surface area contributed by atoms with Gasteiger partial charge in [0.05, 0.1) is 0 Å². The second-order valence-corrected chi connectivity index (χ2v) is 2.45. The molecule has 0 aliphatic rings. The van der Waals surface area contributed by atoms with Crippen molar-refractivity contribution in [3.05, 3.63) is 34.9 Å². The van der Waals surface area contributed by atoms with Crippen LogP contribution in [0, 0.1) is 5.41 Å². The van der Waals surface area contributed by atoms with Crippen LogP contribution in [0.4, 0.5) is 0 Å². The van der Waals surface area contributed by atoms with Crippen LogP contribution in [0.5, 0.6) is 0 Å². The molecule has 3 heteroatoms. The van der Waals surface area contributed by atoms with Crippen molar-refractivity contribution < 1.29 is 0 Å². The topological polar surface area (TPSA) is 36.2 Å². The summed E-state index contributed by atoms with van der Waals surface area (Å²) >= 11 is 5.69. The molecule has 0 heterocycles. The van der Waals surface area contributed by atoms with Gasteiger partial charge in [0.15, 0.2) is 5.84 Å². The molecule has 0 amide bonds. The van der Waals surface area contributed by atoms with Gasteiger partial charge in [-0.15, -0.1) is 0 Å². The van der Waals surface area contributed by atoms with Crippen molar-refractivity contribution in [3.63, 3.8) is 0 Å². The summed E-state index contributed by atoms with van der Waals surface area (Å²) < 4.78 is 0. The van der Waals surface area contributed by atoms with Gasteiger partial charge in [-0.3, -0.25) is 5.41 Å². The molecule has 1 N–H and O–H groups in total. The van der Waals surface area contributed by atoms with Crippen LogP contribution in [0.3, 0.4) is 0 Å². The maximum atomic E-state index is 7.29. The first-order valence-corrected chi connectivity index (χ1v) is 3.43. The van der Waals surface area contributed by atoms with Crippen LogP contribution in [0.1, 0.15) is 5.56 Å². The predicted molar refractivity (Wildman–Crippen MR) is 47.8 cm³/mol. The second-order valence-electron chi connectivity index (χ2n) is 2.02. The van der Waals surface area contributed by atoms with Gasteiger partial charge in [-0.25, -0.2) is 4.99 Å². The molecule has 0 bridgehead atoms. The maximum absolute atomic E-state index is 7.29. The Morgan fingerprint density at radius 3 is 2.82 bits per heavy atom. The summed E-state index contributed by atoms with van der Waals surface area (Å²) in [6.45, 7) is 3.25. The van der Waals surface area contributed by atoms with Crippen molar-refractivity contribution in [2.24, 2.45) is 4.99 Å². The van der Waals surface area contributed by atoms with E-state index in [-0.39, 0.29) is 5.84 Å². The van der Waals surface area contributed by atoms with E-state index in [0.29, 0.717) is 10.6 Å². The molecule has 0 saturated carbocycles. The van der Waals surface area contributed by atoms with E-state index in [1.54, 1.807) is 24.3 Å². The summed E-state index contributed by atoms with van der Waals surface area (Å²) in [4.78, 5) is 3.47. The zero-order valence-corrected chi connectivity index (χ0v) is 6.60. The number of nitrogens with one attached hydrogen (secondary N) is 1. The number of nitrogens with zero attached hydrogens (tertiary/aromatic N) is 1. The van der Waals surface area contributed by atoms with E-state index in [1.165, 1.54) is 0 Å². The quantitative estimate of drug-likeness (QED) is 0.491. The van der Waals surface area contributed by atoms with Crippen LogP contribution in [0.15, 0.2) is 29.3 Å². The van der Waals surface area contributed by atoms with Gasteiger partial charge >= 0.3 is 0 Å². The average molecular weight is 167 g/mol. The highest BCUT2D eigenvalue weighted by Gasteiger charge is 1.96. The fourth-order valence-corrected chi connectivity index (χ4v) is 0.917. The Morgan fingerprint density at radius 2 is 2.27 bits per heavy atom. The summed E-state index contributed by atoms with van der Waals surface area (Å²) in [7, 11) is 0. The van der Waals surface area contributed by atoms with Crippen molar-refractivity contribution in [1.82, 2.24) is 0 Å². The summed E-state index contributed by atoms with van der Waals surface area (Å²) in [5.41, 5.74) is 0.688. The number of benzene rings is 1. The van der Waals surface area contributed by atoms with E-state index >= 15 is 0 Å². The van der Waals surface area contributed by atoms with Crippen molar-refractivity contribution in [1.29, 1.82) is 5.41 Å². The third-order valence-corrected chi connectivity index (χ3v) is 1.49. The molecule has 0 aliphatic heterocycles. The molecule has 2 nitrogen and oxygen atoms in total. The highest BCUT2D eigenvalue weighted by molar-refractivity contribution is 6.31. The SMILES string of the molecule is C=NC(=N)c1cccc(Cl)c1. The molecule has 0 atom stereocenters. The lowest BCUT2D eigenvalue weighted by Gasteiger charge is -1.96. The van der Waals surface area contributed by atoms with E-state index in [4.69, 9.17) is 17.0 Å². The Balaban J connectivity index is 3.05. The number of aliphatic imine (C=N–C) groups is 1. The molecule has 0 saturated heterocycles. The highest BCUT2D eigenvalue weighted by atomic mass is 35.5. The highest BCUT2D eigenvalue weighted by Crippen LogP contribution is 2.10. The van der Waals surface area contributed by atoms with E-state index in [1.807, 2.05) is 0 Å². The molecule has 11 heavy (non-hydrogen) atoms. The van der Waals surface area contributed by atoms with Crippen LogP contribution < -0.4 is 0 Å². The minimum Gasteiger partial charge on any atom is -0.282 e. The Labute approximate surface area is 70.0 Å². The third-order valence-electron chi connectivity index (χ3n) is 1.26. The minimum atomic E-state index is 0.146. The Kier molecular flexibility index (Phi) is 2.39. The number of hydrogen-bond donors (Lipinski definition) is 1. The summed E-state index contributed by atoms with van der Waals surface area (Å²) in [5, 5.41) is 7.89. The molecule has 1 rings (SSSR count). The van der Waals surface area contributed by atoms with Gasteiger partial charge in [0.25, 0.3) is 0 Å². The molecule has 0 spiro atoms. The van der Waals surface area contributed by atoms with Crippen molar-refractivity contribution in [2.45, 2.75) is 0 Å². The first kappa shape index (κ1) is 7.95. The van der Waals surface area contributed by atoms with Gasteiger partial charge in [-0.2, -0.15) is 0 Å². The van der Waals surface area contributed by atoms with Crippen LogP contribution in [-0.2, 0) is 0 Å². The molecular weight excluding hydrogens is 160 g/mol. The molecule has 0 radical (unpaired) electrons. The Bertz CT molecular complexity index is 294. The predicted octanol–water partition coefficient (Wildman–Crippen LogP) is 2.37. The van der Waals surface area contributed by atoms with E-state index in [9.17, 15) is 0 Å². The lowest BCUT2D eigenvalue weighted by Crippen LogP contribution is -1.92. The standard InChI is InChI=1S/C8H7ClN2/c1-11-8(10)6-3-2-4-7(9)5-6/h2-5,10H,1H2. The summed E-state index contributed by atoms with van der Waals surface area (Å²) in [6, 6.07) is 6.97. The van der Waals surface area contributed by atoms with Gasteiger partial charge in [0.1, 0.15) is 0 Å². The third kappa shape index (κ3) is 1.88. The smallest absolute Gasteiger partial charge is 0.151 e. The zero-order chi connectivity index (χ0) is 8.27. The van der Waals surface area contributed by atoms with E-state index in [2.05, 4.69) is 11.7 Å². The molecule has 1 aromatic rings. The fraction of sp³-hybridized carbons (Fsp3) is 0. The van der Waals surface area contributed by atoms with E-state index in [0.717, 1.165) is 0 Å². The van der Waals surface area contributed by atoms with Crippen LogP contribution in [-0.4, -0.2) is 12.6 Å². The lowest BCUT2D eigenvalue weighted by molar-refractivity contribution is 1.43. The van der Waals surface area contributed by atoms with Gasteiger partial charge in [-0.05, 0) is 18.9 Å². The molecule has 1 aromatic carbocycles. The first-order valence-electron chi connectivity index (χ1n) is 3.05. The maximum Gasteiger partial charge on any atom is 0.151 e. The fourth-order valence-electron chi connectivity index (χ4n) is 0.727. The van der Waals surface area contributed by atoms with Crippen molar-refractivity contribution in [2.75, 3.05) is 0 Å². The first-order chi connectivity index (χ1) is 5.24. The average Bonchev–Trinajstić information content (AvgIpc) is 2.03. The molecule has 0 fully saturated rings. The van der Waals surface area contributed by atoms with Crippen LogP contribution >= 0.6 is 11.6 Å². The van der Waals surface area contributed by atoms with Gasteiger partial charge in [0.2, 0.25) is 0 Å². The molecule has 0 aromatic heterocycles. The molecule has 56 valence electrons. The van der Waals surface area contributed by atoms with Gasteiger partial charge in [0, 0.05) is 10.6 Å². The summed E-state index contributed by atoms with van der Waals surface area (Å²) in [5.74, 6) is 0.146. The van der Waals surface area contributed by atoms with Gasteiger partial charge < -0.3 is 0 Å². The number of amidine groups is 1. The van der Waals surface area contributed by atoms with E-state index < -0.39 is 0 Å². The van der Waals surface area contributed by atoms with Crippen molar-refractivity contribution in [3.8, 4) is 0 Å². The number of rotatable bonds is 1. The summed E-state index contributed by atoms with van der Waals surface area (Å²) in [6.07, 6.45) is 0. The van der Waals surface area contributed by atoms with Gasteiger partial charge in [-0.1, -0.05) is 23.7 Å². The Morgan fingerprint density at radius 1 is 1.55 bits per heavy atom. The molecule has 0 unspecified atom stereocenters. The minimum absolute atomic E-state index is 0.146. The normalized spacial score (nSPS) is 9.18. The van der Waals surface area contributed by atoms with Crippen molar-refractivity contribution >= 4 is 24.2 Å². The largest absolute Gasteiger partial charge is 0.282 e. The molecule has 0 aliphatic carbocycles. The lowest BCUT2D eigenvalue weighted by atomic mass is 10.2. The zero-order valence-electron chi connectivity index (χ0n) is 5.84. The molecular formula is C8H7ClN2. The number of halogens is 1. The second kappa shape index (κ2) is 3.30.